The van der Waals surface area contributed by atoms with E-state index in [1.165, 1.54) is 7.11 Å². The Morgan fingerprint density at radius 2 is 1.67 bits per heavy atom. The van der Waals surface area contributed by atoms with Crippen molar-refractivity contribution < 1.29 is 33.4 Å². The number of ether oxygens (including phenoxy) is 3. The van der Waals surface area contributed by atoms with E-state index in [-0.39, 0.29) is 42.3 Å². The third kappa shape index (κ3) is 10.8. The molecule has 2 aliphatic rings. The van der Waals surface area contributed by atoms with Gasteiger partial charge < -0.3 is 29.3 Å². The summed E-state index contributed by atoms with van der Waals surface area (Å²) in [6, 6.07) is 7.38. The minimum Gasteiger partial charge on any atom is -0.497 e. The van der Waals surface area contributed by atoms with Gasteiger partial charge in [0.15, 0.2) is 0 Å². The minimum atomic E-state index is -0.511. The average Bonchev–Trinajstić information content (AvgIpc) is 2.98. The summed E-state index contributed by atoms with van der Waals surface area (Å²) in [6.45, 7) is 7.93. The number of nitrogens with one attached hydrogen (secondary N) is 1. The van der Waals surface area contributed by atoms with Gasteiger partial charge in [-0.05, 0) is 89.3 Å². The normalized spacial score (nSPS) is 18.6. The summed E-state index contributed by atoms with van der Waals surface area (Å²) in [7, 11) is 2.97. The lowest BCUT2D eigenvalue weighted by Crippen LogP contribution is -2.48. The van der Waals surface area contributed by atoms with E-state index in [2.05, 4.69) is 5.32 Å². The largest absolute Gasteiger partial charge is 0.497 e. The predicted octanol–water partition coefficient (Wildman–Crippen LogP) is 4.34. The number of likely N-dealkylation sites (tertiary alicyclic amines) is 2. The molecule has 2 atom stereocenters. The number of hydrogen-bond acceptors (Lipinski definition) is 7. The highest BCUT2D eigenvalue weighted by Gasteiger charge is 2.31. The number of aryl methyl sites for hydroxylation is 1. The van der Waals surface area contributed by atoms with Gasteiger partial charge in [0.25, 0.3) is 0 Å². The first-order valence-electron chi connectivity index (χ1n) is 15.2. The van der Waals surface area contributed by atoms with Crippen molar-refractivity contribution in [2.75, 3.05) is 40.4 Å². The van der Waals surface area contributed by atoms with Crippen molar-refractivity contribution in [1.82, 2.24) is 15.1 Å². The molecule has 2 fully saturated rings. The highest BCUT2D eigenvalue weighted by molar-refractivity contribution is 5.82. The molecule has 10 nitrogen and oxygen atoms in total. The van der Waals surface area contributed by atoms with Gasteiger partial charge in [-0.1, -0.05) is 12.1 Å². The van der Waals surface area contributed by atoms with Crippen LogP contribution in [0.3, 0.4) is 0 Å². The van der Waals surface area contributed by atoms with Crippen LogP contribution in [0.15, 0.2) is 24.3 Å². The van der Waals surface area contributed by atoms with E-state index in [4.69, 9.17) is 14.2 Å². The van der Waals surface area contributed by atoms with Crippen molar-refractivity contribution in [2.45, 2.75) is 90.2 Å². The first-order valence-corrected chi connectivity index (χ1v) is 15.2. The molecule has 3 amide bonds. The molecule has 0 unspecified atom stereocenters. The lowest BCUT2D eigenvalue weighted by Gasteiger charge is -2.35. The zero-order valence-corrected chi connectivity index (χ0v) is 26.0. The first kappa shape index (κ1) is 33.2. The number of esters is 1. The van der Waals surface area contributed by atoms with Gasteiger partial charge in [0.1, 0.15) is 11.4 Å². The van der Waals surface area contributed by atoms with Crippen molar-refractivity contribution in [3.63, 3.8) is 0 Å². The number of carbonyl (C=O) groups excluding carboxylic acids is 4. The molecule has 1 N–H and O–H groups in total. The van der Waals surface area contributed by atoms with Crippen LogP contribution in [0, 0.1) is 11.8 Å². The van der Waals surface area contributed by atoms with Gasteiger partial charge in [0, 0.05) is 38.6 Å². The highest BCUT2D eigenvalue weighted by atomic mass is 16.6. The number of benzene rings is 1. The smallest absolute Gasteiger partial charge is 0.410 e. The van der Waals surface area contributed by atoms with Crippen molar-refractivity contribution >= 4 is 23.9 Å². The summed E-state index contributed by atoms with van der Waals surface area (Å²) in [5.41, 5.74) is 0.577. The highest BCUT2D eigenvalue weighted by Crippen LogP contribution is 2.25. The molecule has 0 aromatic heterocycles. The van der Waals surface area contributed by atoms with Crippen LogP contribution < -0.4 is 10.1 Å². The van der Waals surface area contributed by atoms with E-state index >= 15 is 0 Å². The minimum absolute atomic E-state index is 0.0766. The van der Waals surface area contributed by atoms with Crippen molar-refractivity contribution in [3.8, 4) is 5.75 Å². The summed E-state index contributed by atoms with van der Waals surface area (Å²) in [4.78, 5) is 54.3. The molecule has 2 aliphatic heterocycles. The lowest BCUT2D eigenvalue weighted by molar-refractivity contribution is -0.141. The standard InChI is InChI=1S/C32H49N3O7/c1-32(2,3)42-31(39)34-19-16-24(17-20-34)11-15-28(36)35-18-6-7-25(22-35)30(38)33-26(21-29(37)41-5)12-8-23-9-13-27(40-4)14-10-23/h9-10,13-14,24-26H,6-8,11-12,15-22H2,1-5H3,(H,33,38)/t25-,26-/m1/s1. The molecule has 0 aliphatic carbocycles. The fourth-order valence-electron chi connectivity index (χ4n) is 5.60. The number of amides is 3. The molecule has 1 aromatic carbocycles. The van der Waals surface area contributed by atoms with Gasteiger partial charge in [0.05, 0.1) is 26.6 Å². The van der Waals surface area contributed by atoms with Gasteiger partial charge in [-0.15, -0.1) is 0 Å². The molecule has 0 spiro atoms. The van der Waals surface area contributed by atoms with Gasteiger partial charge >= 0.3 is 12.1 Å². The molecule has 0 saturated carbocycles. The molecular formula is C32H49N3O7. The van der Waals surface area contributed by atoms with Crippen molar-refractivity contribution in [1.29, 1.82) is 0 Å². The number of hydrogen-bond donors (Lipinski definition) is 1. The second-order valence-electron chi connectivity index (χ2n) is 12.5. The molecule has 10 heteroatoms. The fourth-order valence-corrected chi connectivity index (χ4v) is 5.60. The summed E-state index contributed by atoms with van der Waals surface area (Å²) in [5, 5.41) is 3.07. The Balaban J connectivity index is 1.45. The van der Waals surface area contributed by atoms with Crippen LogP contribution in [0.2, 0.25) is 0 Å². The number of nitrogens with zero attached hydrogens (tertiary/aromatic N) is 2. The van der Waals surface area contributed by atoms with Crippen LogP contribution >= 0.6 is 0 Å². The summed E-state index contributed by atoms with van der Waals surface area (Å²) in [5.74, 6) is 0.450. The van der Waals surface area contributed by atoms with E-state index in [1.807, 2.05) is 49.9 Å². The SMILES string of the molecule is COC(=O)C[C@@H](CCc1ccc(OC)cc1)NC(=O)[C@@H]1CCCN(C(=O)CCC2CCN(C(=O)OC(C)(C)C)CC2)C1. The summed E-state index contributed by atoms with van der Waals surface area (Å²) >= 11 is 0. The lowest BCUT2D eigenvalue weighted by atomic mass is 9.91. The molecular weight excluding hydrogens is 538 g/mol. The van der Waals surface area contributed by atoms with E-state index in [1.54, 1.807) is 12.0 Å². The summed E-state index contributed by atoms with van der Waals surface area (Å²) in [6.07, 6.45) is 5.52. The van der Waals surface area contributed by atoms with Crippen LogP contribution in [-0.4, -0.2) is 85.7 Å². The Hall–Kier alpha value is -3.30. The third-order valence-electron chi connectivity index (χ3n) is 8.11. The van der Waals surface area contributed by atoms with Gasteiger partial charge in [0.2, 0.25) is 11.8 Å². The molecule has 3 rings (SSSR count). The number of carbonyl (C=O) groups is 4. The van der Waals surface area contributed by atoms with Crippen LogP contribution in [-0.2, 0) is 30.3 Å². The number of methoxy groups -OCH3 is 2. The predicted molar refractivity (Wildman–Crippen MR) is 159 cm³/mol. The van der Waals surface area contributed by atoms with Crippen LogP contribution in [0.4, 0.5) is 4.79 Å². The Kier molecular flexibility index (Phi) is 12.5. The molecule has 234 valence electrons. The molecule has 42 heavy (non-hydrogen) atoms. The topological polar surface area (TPSA) is 114 Å². The zero-order chi connectivity index (χ0) is 30.7. The summed E-state index contributed by atoms with van der Waals surface area (Å²) < 4.78 is 15.6. The van der Waals surface area contributed by atoms with Crippen molar-refractivity contribution in [2.24, 2.45) is 11.8 Å². The van der Waals surface area contributed by atoms with E-state index < -0.39 is 5.60 Å². The van der Waals surface area contributed by atoms with Crippen LogP contribution in [0.1, 0.15) is 77.7 Å². The maximum absolute atomic E-state index is 13.3. The van der Waals surface area contributed by atoms with E-state index in [0.29, 0.717) is 57.8 Å². The van der Waals surface area contributed by atoms with Gasteiger partial charge in [-0.25, -0.2) is 4.79 Å². The Labute approximate surface area is 250 Å². The zero-order valence-electron chi connectivity index (χ0n) is 26.0. The third-order valence-corrected chi connectivity index (χ3v) is 8.11. The van der Waals surface area contributed by atoms with Gasteiger partial charge in [-0.3, -0.25) is 14.4 Å². The second-order valence-corrected chi connectivity index (χ2v) is 12.5. The molecule has 1 aromatic rings. The van der Waals surface area contributed by atoms with Crippen LogP contribution in [0.25, 0.3) is 0 Å². The Morgan fingerprint density at radius 3 is 2.29 bits per heavy atom. The van der Waals surface area contributed by atoms with E-state index in [9.17, 15) is 19.2 Å². The maximum atomic E-state index is 13.3. The van der Waals surface area contributed by atoms with Gasteiger partial charge in [-0.2, -0.15) is 0 Å². The molecule has 0 radical (unpaired) electrons. The molecule has 2 saturated heterocycles. The fraction of sp³-hybridized carbons (Fsp3) is 0.688. The molecule has 2 heterocycles. The maximum Gasteiger partial charge on any atom is 0.410 e. The molecule has 0 bridgehead atoms. The number of rotatable bonds is 11. The average molecular weight is 588 g/mol. The first-order chi connectivity index (χ1) is 20.0. The second kappa shape index (κ2) is 15.8. The Morgan fingerprint density at radius 1 is 0.976 bits per heavy atom. The Bertz CT molecular complexity index is 1050. The van der Waals surface area contributed by atoms with E-state index in [0.717, 1.165) is 37.0 Å². The van der Waals surface area contributed by atoms with Crippen molar-refractivity contribution in [3.05, 3.63) is 29.8 Å². The monoisotopic (exact) mass is 587 g/mol. The quantitative estimate of drug-likeness (QED) is 0.383. The number of piperidine rings is 2. The van der Waals surface area contributed by atoms with Crippen LogP contribution in [0.5, 0.6) is 5.75 Å².